The van der Waals surface area contributed by atoms with E-state index in [1.807, 2.05) is 20.2 Å². The van der Waals surface area contributed by atoms with Crippen molar-refractivity contribution in [2.75, 3.05) is 25.6 Å². The summed E-state index contributed by atoms with van der Waals surface area (Å²) in [6.07, 6.45) is 6.85. The standard InChI is InChI=1S/C30H37NO5/c1-18(33)36-30(27(35)17-32)14-13-26-24-11-7-20-15-22(34)10-12-23(20)28(24)25(16-29(26,30)2)19-5-8-21(9-6-19)31(3)4/h5-6,8-9,15,24-26,32H,7,10-14,16-17H2,1-4H3/t24-,25+,26-,29-,30-/m0/s1. The number of esters is 1. The summed E-state index contributed by atoms with van der Waals surface area (Å²) in [5.74, 6) is -0.171. The lowest BCUT2D eigenvalue weighted by Gasteiger charge is -2.55. The molecule has 0 bridgehead atoms. The van der Waals surface area contributed by atoms with E-state index in [-0.39, 0.29) is 29.3 Å². The smallest absolute Gasteiger partial charge is 0.303 e. The first-order valence-corrected chi connectivity index (χ1v) is 13.2. The molecule has 0 heterocycles. The van der Waals surface area contributed by atoms with Crippen molar-refractivity contribution in [2.24, 2.45) is 17.3 Å². The van der Waals surface area contributed by atoms with Gasteiger partial charge in [0.15, 0.2) is 11.4 Å². The van der Waals surface area contributed by atoms with Crippen LogP contribution >= 0.6 is 0 Å². The van der Waals surface area contributed by atoms with Crippen molar-refractivity contribution in [3.8, 4) is 0 Å². The summed E-state index contributed by atoms with van der Waals surface area (Å²) in [6, 6.07) is 8.61. The largest absolute Gasteiger partial charge is 0.451 e. The fraction of sp³-hybridized carbons (Fsp3) is 0.567. The molecule has 0 unspecified atom stereocenters. The molecule has 192 valence electrons. The SMILES string of the molecule is CC(=O)O[C@]1(C(=O)CO)CC[C@H]2[C@@H]3CCC4=CC(=O)CCC4=C3[C@@H](c3ccc(N(C)C)cc3)C[C@@]21C. The molecule has 5 atom stereocenters. The molecule has 2 fully saturated rings. The molecule has 0 saturated heterocycles. The average Bonchev–Trinajstić information content (AvgIpc) is 3.14. The monoisotopic (exact) mass is 491 g/mol. The van der Waals surface area contributed by atoms with E-state index in [4.69, 9.17) is 4.74 Å². The molecule has 0 radical (unpaired) electrons. The van der Waals surface area contributed by atoms with E-state index in [1.54, 1.807) is 0 Å². The lowest BCUT2D eigenvalue weighted by atomic mass is 9.50. The topological polar surface area (TPSA) is 83.9 Å². The first kappa shape index (κ1) is 24.9. The van der Waals surface area contributed by atoms with Crippen LogP contribution in [0.15, 0.2) is 47.1 Å². The molecule has 6 heteroatoms. The fourth-order valence-electron chi connectivity index (χ4n) is 8.01. The summed E-state index contributed by atoms with van der Waals surface area (Å²) in [4.78, 5) is 39.9. The summed E-state index contributed by atoms with van der Waals surface area (Å²) in [6.45, 7) is 2.83. The molecule has 4 aliphatic carbocycles. The number of hydrogen-bond donors (Lipinski definition) is 1. The van der Waals surface area contributed by atoms with Crippen LogP contribution in [0.3, 0.4) is 0 Å². The number of carbonyl (C=O) groups is 3. The lowest BCUT2D eigenvalue weighted by molar-refractivity contribution is -0.185. The van der Waals surface area contributed by atoms with Crippen molar-refractivity contribution < 1.29 is 24.2 Å². The molecule has 0 amide bonds. The van der Waals surface area contributed by atoms with E-state index in [0.29, 0.717) is 19.3 Å². The van der Waals surface area contributed by atoms with Crippen molar-refractivity contribution in [2.45, 2.75) is 70.3 Å². The number of aliphatic hydroxyl groups is 1. The van der Waals surface area contributed by atoms with E-state index in [0.717, 1.165) is 31.4 Å². The van der Waals surface area contributed by atoms with Crippen molar-refractivity contribution in [3.63, 3.8) is 0 Å². The maximum atomic E-state index is 13.3. The van der Waals surface area contributed by atoms with E-state index >= 15 is 0 Å². The molecule has 1 aromatic carbocycles. The maximum Gasteiger partial charge on any atom is 0.303 e. The van der Waals surface area contributed by atoms with Crippen molar-refractivity contribution in [1.29, 1.82) is 0 Å². The summed E-state index contributed by atoms with van der Waals surface area (Å²) in [5, 5.41) is 9.96. The minimum Gasteiger partial charge on any atom is -0.451 e. The number of benzene rings is 1. The molecular formula is C30H37NO5. The second kappa shape index (κ2) is 8.98. The Balaban J connectivity index is 1.69. The van der Waals surface area contributed by atoms with Crippen LogP contribution in [0.25, 0.3) is 0 Å². The lowest BCUT2D eigenvalue weighted by Crippen LogP contribution is -2.58. The number of rotatable bonds is 5. The number of allylic oxidation sites excluding steroid dienone is 4. The van der Waals surface area contributed by atoms with Gasteiger partial charge in [0, 0.05) is 44.5 Å². The second-order valence-corrected chi connectivity index (χ2v) is 11.5. The van der Waals surface area contributed by atoms with Crippen LogP contribution in [-0.2, 0) is 19.1 Å². The van der Waals surface area contributed by atoms with Crippen LogP contribution < -0.4 is 4.90 Å². The third-order valence-corrected chi connectivity index (χ3v) is 9.58. The number of fused-ring (bicyclic) bond motifs is 4. The van der Waals surface area contributed by atoms with Crippen LogP contribution in [0.4, 0.5) is 5.69 Å². The first-order chi connectivity index (χ1) is 17.1. The Morgan fingerprint density at radius 2 is 1.83 bits per heavy atom. The van der Waals surface area contributed by atoms with Gasteiger partial charge in [0.05, 0.1) is 0 Å². The van der Waals surface area contributed by atoms with Gasteiger partial charge < -0.3 is 14.7 Å². The first-order valence-electron chi connectivity index (χ1n) is 13.2. The van der Waals surface area contributed by atoms with Gasteiger partial charge in [-0.2, -0.15) is 0 Å². The molecule has 6 nitrogen and oxygen atoms in total. The van der Waals surface area contributed by atoms with Crippen molar-refractivity contribution in [3.05, 3.63) is 52.6 Å². The van der Waals surface area contributed by atoms with Crippen molar-refractivity contribution >= 4 is 23.2 Å². The molecule has 2 saturated carbocycles. The number of carbonyl (C=O) groups excluding carboxylic acids is 3. The molecule has 1 N–H and O–H groups in total. The summed E-state index contributed by atoms with van der Waals surface area (Å²) < 4.78 is 5.93. The van der Waals surface area contributed by atoms with Gasteiger partial charge in [0.1, 0.15) is 6.61 Å². The zero-order valence-electron chi connectivity index (χ0n) is 21.8. The predicted octanol–water partition coefficient (Wildman–Crippen LogP) is 4.52. The quantitative estimate of drug-likeness (QED) is 0.610. The Morgan fingerprint density at radius 3 is 2.47 bits per heavy atom. The number of ether oxygens (including phenoxy) is 1. The minimum absolute atomic E-state index is 0.0545. The normalized spacial score (nSPS) is 33.3. The maximum absolute atomic E-state index is 13.3. The van der Waals surface area contributed by atoms with Gasteiger partial charge in [-0.15, -0.1) is 0 Å². The molecular weight excluding hydrogens is 454 g/mol. The van der Waals surface area contributed by atoms with Crippen molar-refractivity contribution in [1.82, 2.24) is 0 Å². The number of ketones is 2. The fourth-order valence-corrected chi connectivity index (χ4v) is 8.01. The highest BCUT2D eigenvalue weighted by Crippen LogP contribution is 2.67. The van der Waals surface area contributed by atoms with Gasteiger partial charge in [-0.3, -0.25) is 14.4 Å². The van der Waals surface area contributed by atoms with Crippen LogP contribution in [0, 0.1) is 17.3 Å². The van der Waals surface area contributed by atoms with Gasteiger partial charge in [-0.25, -0.2) is 0 Å². The van der Waals surface area contributed by atoms with Gasteiger partial charge in [0.25, 0.3) is 0 Å². The van der Waals surface area contributed by atoms with Gasteiger partial charge in [0.2, 0.25) is 5.78 Å². The summed E-state index contributed by atoms with van der Waals surface area (Å²) in [7, 11) is 4.04. The minimum atomic E-state index is -1.31. The van der Waals surface area contributed by atoms with E-state index < -0.39 is 23.6 Å². The third kappa shape index (κ3) is 3.68. The molecule has 0 aromatic heterocycles. The number of nitrogens with zero attached hydrogens (tertiary/aromatic N) is 1. The van der Waals surface area contributed by atoms with Crippen LogP contribution in [0.1, 0.15) is 70.3 Å². The molecule has 0 spiro atoms. The Morgan fingerprint density at radius 1 is 1.11 bits per heavy atom. The zero-order valence-corrected chi connectivity index (χ0v) is 21.8. The molecule has 36 heavy (non-hydrogen) atoms. The van der Waals surface area contributed by atoms with E-state index in [1.165, 1.54) is 29.2 Å². The summed E-state index contributed by atoms with van der Waals surface area (Å²) in [5.41, 5.74) is 4.35. The zero-order chi connectivity index (χ0) is 25.8. The Bertz CT molecular complexity index is 1160. The molecule has 0 aliphatic heterocycles. The Labute approximate surface area is 213 Å². The number of Topliss-reactive ketones (excluding diaryl/α,β-unsaturated/α-hetero) is 1. The van der Waals surface area contributed by atoms with Crippen LogP contribution in [0.2, 0.25) is 0 Å². The van der Waals surface area contributed by atoms with Gasteiger partial charge in [-0.05, 0) is 85.3 Å². The third-order valence-electron chi connectivity index (χ3n) is 9.58. The predicted molar refractivity (Wildman–Crippen MR) is 138 cm³/mol. The highest BCUT2D eigenvalue weighted by Gasteiger charge is 2.67. The average molecular weight is 492 g/mol. The molecule has 5 rings (SSSR count). The second-order valence-electron chi connectivity index (χ2n) is 11.5. The number of aliphatic hydroxyl groups excluding tert-OH is 1. The number of hydrogen-bond acceptors (Lipinski definition) is 6. The van der Waals surface area contributed by atoms with Gasteiger partial charge in [-0.1, -0.05) is 24.6 Å². The van der Waals surface area contributed by atoms with Crippen LogP contribution in [-0.4, -0.2) is 48.9 Å². The molecule has 1 aromatic rings. The summed E-state index contributed by atoms with van der Waals surface area (Å²) >= 11 is 0. The Kier molecular flexibility index (Phi) is 6.22. The van der Waals surface area contributed by atoms with E-state index in [9.17, 15) is 19.5 Å². The van der Waals surface area contributed by atoms with Crippen LogP contribution in [0.5, 0.6) is 0 Å². The van der Waals surface area contributed by atoms with Gasteiger partial charge >= 0.3 is 5.97 Å². The highest BCUT2D eigenvalue weighted by atomic mass is 16.6. The highest BCUT2D eigenvalue weighted by molar-refractivity contribution is 5.93. The molecule has 4 aliphatic rings. The number of anilines is 1. The Hall–Kier alpha value is -2.73. The van der Waals surface area contributed by atoms with E-state index in [2.05, 4.69) is 36.1 Å².